The fourth-order valence-corrected chi connectivity index (χ4v) is 1.24. The molecule has 0 fully saturated rings. The van der Waals surface area contributed by atoms with E-state index in [9.17, 15) is 5.11 Å². The summed E-state index contributed by atoms with van der Waals surface area (Å²) in [6.45, 7) is 7.66. The maximum absolute atomic E-state index is 9.49. The molecular formula is C9H14O. The number of aliphatic hydroxyl groups is 1. The highest BCUT2D eigenvalue weighted by molar-refractivity contribution is 5.18. The van der Waals surface area contributed by atoms with E-state index in [4.69, 9.17) is 0 Å². The van der Waals surface area contributed by atoms with E-state index in [0.717, 1.165) is 12.0 Å². The van der Waals surface area contributed by atoms with E-state index in [2.05, 4.69) is 6.58 Å². The van der Waals surface area contributed by atoms with Gasteiger partial charge in [0.25, 0.3) is 0 Å². The minimum absolute atomic E-state index is 0.384. The van der Waals surface area contributed by atoms with Gasteiger partial charge in [0.05, 0.1) is 5.60 Å². The van der Waals surface area contributed by atoms with Crippen LogP contribution in [0.1, 0.15) is 20.3 Å². The van der Waals surface area contributed by atoms with Crippen LogP contribution in [-0.2, 0) is 0 Å². The first kappa shape index (κ1) is 7.55. The lowest BCUT2D eigenvalue weighted by Gasteiger charge is -2.15. The lowest BCUT2D eigenvalue weighted by atomic mass is 9.96. The number of allylic oxidation sites excluding steroid dienone is 2. The lowest BCUT2D eigenvalue weighted by molar-refractivity contribution is 0.105. The summed E-state index contributed by atoms with van der Waals surface area (Å²) in [4.78, 5) is 0. The van der Waals surface area contributed by atoms with Crippen LogP contribution in [0, 0.1) is 5.92 Å². The zero-order chi connectivity index (χ0) is 7.78. The fraction of sp³-hybridized carbons (Fsp3) is 0.556. The van der Waals surface area contributed by atoms with Gasteiger partial charge in [-0.2, -0.15) is 0 Å². The van der Waals surface area contributed by atoms with Crippen molar-refractivity contribution in [2.24, 2.45) is 5.92 Å². The number of rotatable bonds is 1. The average molecular weight is 138 g/mol. The molecule has 0 aromatic carbocycles. The van der Waals surface area contributed by atoms with Crippen molar-refractivity contribution in [3.8, 4) is 0 Å². The molecule has 0 heterocycles. The lowest BCUT2D eigenvalue weighted by Crippen LogP contribution is -2.18. The van der Waals surface area contributed by atoms with E-state index < -0.39 is 5.60 Å². The molecular weight excluding hydrogens is 124 g/mol. The maximum Gasteiger partial charge on any atom is 0.0808 e. The van der Waals surface area contributed by atoms with Crippen molar-refractivity contribution >= 4 is 0 Å². The molecule has 0 amide bonds. The first-order chi connectivity index (χ1) is 4.51. The molecule has 0 saturated carbocycles. The molecule has 1 rings (SSSR count). The molecule has 0 aliphatic heterocycles. The van der Waals surface area contributed by atoms with Crippen molar-refractivity contribution in [2.75, 3.05) is 0 Å². The molecule has 0 aromatic heterocycles. The standard InChI is InChI=1S/C9H14O/c1-7(2)8-4-5-9(3,10)6-8/h4-5,8,10H,1,6H2,2-3H3. The summed E-state index contributed by atoms with van der Waals surface area (Å²) in [6.07, 6.45) is 4.68. The highest BCUT2D eigenvalue weighted by Crippen LogP contribution is 2.30. The summed E-state index contributed by atoms with van der Waals surface area (Å²) >= 11 is 0. The molecule has 2 unspecified atom stereocenters. The van der Waals surface area contributed by atoms with E-state index in [-0.39, 0.29) is 0 Å². The van der Waals surface area contributed by atoms with Crippen LogP contribution in [0.2, 0.25) is 0 Å². The second-order valence-electron chi connectivity index (χ2n) is 3.37. The van der Waals surface area contributed by atoms with Gasteiger partial charge in [-0.25, -0.2) is 0 Å². The predicted octanol–water partition coefficient (Wildman–Crippen LogP) is 1.89. The molecule has 10 heavy (non-hydrogen) atoms. The van der Waals surface area contributed by atoms with E-state index in [1.54, 1.807) is 0 Å². The van der Waals surface area contributed by atoms with Gasteiger partial charge in [-0.05, 0) is 20.3 Å². The second-order valence-corrected chi connectivity index (χ2v) is 3.37. The average Bonchev–Trinajstić information content (AvgIpc) is 2.10. The van der Waals surface area contributed by atoms with Crippen LogP contribution in [-0.4, -0.2) is 10.7 Å². The minimum Gasteiger partial charge on any atom is -0.386 e. The zero-order valence-corrected chi connectivity index (χ0v) is 6.59. The van der Waals surface area contributed by atoms with E-state index >= 15 is 0 Å². The Balaban J connectivity index is 2.62. The maximum atomic E-state index is 9.49. The van der Waals surface area contributed by atoms with Crippen molar-refractivity contribution in [3.63, 3.8) is 0 Å². The van der Waals surface area contributed by atoms with Gasteiger partial charge in [-0.1, -0.05) is 24.3 Å². The summed E-state index contributed by atoms with van der Waals surface area (Å²) in [5.74, 6) is 0.384. The van der Waals surface area contributed by atoms with Gasteiger partial charge in [0.2, 0.25) is 0 Å². The first-order valence-corrected chi connectivity index (χ1v) is 3.58. The van der Waals surface area contributed by atoms with Crippen molar-refractivity contribution in [1.82, 2.24) is 0 Å². The summed E-state index contributed by atoms with van der Waals surface area (Å²) in [6, 6.07) is 0. The minimum atomic E-state index is -0.594. The molecule has 56 valence electrons. The Bertz CT molecular complexity index is 177. The normalized spacial score (nSPS) is 38.5. The van der Waals surface area contributed by atoms with Crippen LogP contribution >= 0.6 is 0 Å². The SMILES string of the molecule is C=C(C)C1C=CC(C)(O)C1. The van der Waals surface area contributed by atoms with Crippen molar-refractivity contribution in [1.29, 1.82) is 0 Å². The van der Waals surface area contributed by atoms with Crippen molar-refractivity contribution in [2.45, 2.75) is 25.9 Å². The second kappa shape index (κ2) is 2.24. The number of hydrogen-bond donors (Lipinski definition) is 1. The van der Waals surface area contributed by atoms with Gasteiger partial charge in [0, 0.05) is 5.92 Å². The number of hydrogen-bond acceptors (Lipinski definition) is 1. The smallest absolute Gasteiger partial charge is 0.0808 e. The molecule has 1 N–H and O–H groups in total. The van der Waals surface area contributed by atoms with Gasteiger partial charge < -0.3 is 5.11 Å². The van der Waals surface area contributed by atoms with Crippen LogP contribution in [0.4, 0.5) is 0 Å². The molecule has 1 aliphatic carbocycles. The Labute approximate surface area is 62.1 Å². The van der Waals surface area contributed by atoms with E-state index in [1.165, 1.54) is 0 Å². The molecule has 1 heteroatoms. The third-order valence-corrected chi connectivity index (χ3v) is 1.95. The molecule has 0 saturated heterocycles. The quantitative estimate of drug-likeness (QED) is 0.548. The monoisotopic (exact) mass is 138 g/mol. The summed E-state index contributed by atoms with van der Waals surface area (Å²) in [7, 11) is 0. The molecule has 1 aliphatic rings. The molecule has 0 bridgehead atoms. The Morgan fingerprint density at radius 2 is 2.40 bits per heavy atom. The highest BCUT2D eigenvalue weighted by Gasteiger charge is 2.27. The Kier molecular flexibility index (Phi) is 1.69. The van der Waals surface area contributed by atoms with Crippen LogP contribution < -0.4 is 0 Å². The molecule has 0 radical (unpaired) electrons. The van der Waals surface area contributed by atoms with Gasteiger partial charge in [-0.15, -0.1) is 0 Å². The van der Waals surface area contributed by atoms with Gasteiger partial charge >= 0.3 is 0 Å². The van der Waals surface area contributed by atoms with Crippen LogP contribution in [0.5, 0.6) is 0 Å². The summed E-state index contributed by atoms with van der Waals surface area (Å²) in [5, 5.41) is 9.49. The summed E-state index contributed by atoms with van der Waals surface area (Å²) < 4.78 is 0. The van der Waals surface area contributed by atoms with Gasteiger partial charge in [0.15, 0.2) is 0 Å². The van der Waals surface area contributed by atoms with Gasteiger partial charge in [0.1, 0.15) is 0 Å². The Morgan fingerprint density at radius 1 is 1.80 bits per heavy atom. The first-order valence-electron chi connectivity index (χ1n) is 3.58. The molecule has 1 nitrogen and oxygen atoms in total. The fourth-order valence-electron chi connectivity index (χ4n) is 1.24. The van der Waals surface area contributed by atoms with Crippen LogP contribution in [0.15, 0.2) is 24.3 Å². The van der Waals surface area contributed by atoms with Crippen molar-refractivity contribution < 1.29 is 5.11 Å². The molecule has 0 aromatic rings. The highest BCUT2D eigenvalue weighted by atomic mass is 16.3. The van der Waals surface area contributed by atoms with Gasteiger partial charge in [-0.3, -0.25) is 0 Å². The topological polar surface area (TPSA) is 20.2 Å². The molecule has 0 spiro atoms. The van der Waals surface area contributed by atoms with Crippen LogP contribution in [0.25, 0.3) is 0 Å². The third kappa shape index (κ3) is 1.48. The largest absolute Gasteiger partial charge is 0.386 e. The Hall–Kier alpha value is -0.560. The van der Waals surface area contributed by atoms with E-state index in [0.29, 0.717) is 5.92 Å². The van der Waals surface area contributed by atoms with E-state index in [1.807, 2.05) is 26.0 Å². The summed E-state index contributed by atoms with van der Waals surface area (Å²) in [5.41, 5.74) is 0.540. The molecule has 2 atom stereocenters. The predicted molar refractivity (Wildman–Crippen MR) is 42.7 cm³/mol. The van der Waals surface area contributed by atoms with Crippen molar-refractivity contribution in [3.05, 3.63) is 24.3 Å². The third-order valence-electron chi connectivity index (χ3n) is 1.95. The van der Waals surface area contributed by atoms with Crippen LogP contribution in [0.3, 0.4) is 0 Å². The Morgan fingerprint density at radius 3 is 2.60 bits per heavy atom. The zero-order valence-electron chi connectivity index (χ0n) is 6.59.